The van der Waals surface area contributed by atoms with E-state index in [-0.39, 0.29) is 11.8 Å². The molecule has 1 saturated heterocycles. The molecular weight excluding hydrogens is 298 g/mol. The van der Waals surface area contributed by atoms with Crippen molar-refractivity contribution in [2.45, 2.75) is 51.0 Å². The molecule has 4 heteroatoms. The summed E-state index contributed by atoms with van der Waals surface area (Å²) in [6, 6.07) is 10.5. The molecule has 1 atom stereocenters. The van der Waals surface area contributed by atoms with Crippen LogP contribution in [0.1, 0.15) is 55.1 Å². The first kappa shape index (κ1) is 15.4. The third kappa shape index (κ3) is 2.97. The second kappa shape index (κ2) is 6.80. The number of amides is 1. The van der Waals surface area contributed by atoms with Gasteiger partial charge in [-0.2, -0.15) is 0 Å². The summed E-state index contributed by atoms with van der Waals surface area (Å²) in [4.78, 5) is 19.5. The van der Waals surface area contributed by atoms with Crippen LogP contribution in [0, 0.1) is 0 Å². The summed E-state index contributed by atoms with van der Waals surface area (Å²) in [6.07, 6.45) is 8.33. The Bertz CT molecular complexity index is 701. The Labute approximate surface area is 143 Å². The summed E-state index contributed by atoms with van der Waals surface area (Å²) in [6.45, 7) is 2.88. The number of likely N-dealkylation sites (tertiary alicyclic amines) is 1. The Morgan fingerprint density at radius 1 is 1.04 bits per heavy atom. The number of fused-ring (bicyclic) bond motifs is 1. The predicted octanol–water partition coefficient (Wildman–Crippen LogP) is 3.36. The van der Waals surface area contributed by atoms with E-state index >= 15 is 0 Å². The quantitative estimate of drug-likeness (QED) is 0.865. The Kier molecular flexibility index (Phi) is 4.37. The minimum atomic E-state index is 0.110. The van der Waals surface area contributed by atoms with Crippen molar-refractivity contribution in [1.29, 1.82) is 0 Å². The van der Waals surface area contributed by atoms with E-state index < -0.39 is 0 Å². The van der Waals surface area contributed by atoms with E-state index in [1.54, 1.807) is 0 Å². The van der Waals surface area contributed by atoms with E-state index in [9.17, 15) is 4.79 Å². The molecule has 4 rings (SSSR count). The number of benzene rings is 1. The Morgan fingerprint density at radius 2 is 1.79 bits per heavy atom. The van der Waals surface area contributed by atoms with Gasteiger partial charge >= 0.3 is 0 Å². The first-order valence-corrected chi connectivity index (χ1v) is 9.20. The molecule has 1 amide bonds. The van der Waals surface area contributed by atoms with Gasteiger partial charge < -0.3 is 9.47 Å². The van der Waals surface area contributed by atoms with E-state index in [1.807, 2.05) is 17.2 Å². The van der Waals surface area contributed by atoms with Gasteiger partial charge in [-0.15, -0.1) is 0 Å². The van der Waals surface area contributed by atoms with Crippen LogP contribution < -0.4 is 0 Å². The summed E-state index contributed by atoms with van der Waals surface area (Å²) < 4.78 is 2.36. The molecule has 0 N–H and O–H groups in total. The van der Waals surface area contributed by atoms with Crippen LogP contribution in [-0.2, 0) is 17.8 Å². The molecule has 2 aliphatic heterocycles. The molecular formula is C20H25N3O. The molecule has 2 aliphatic rings. The number of carbonyl (C=O) groups excluding carboxylic acids is 1. The van der Waals surface area contributed by atoms with Gasteiger partial charge in [-0.3, -0.25) is 4.79 Å². The van der Waals surface area contributed by atoms with E-state index in [0.29, 0.717) is 6.42 Å². The fourth-order valence-corrected chi connectivity index (χ4v) is 4.07. The average Bonchev–Trinajstić information content (AvgIpc) is 3.30. The molecule has 2 aromatic rings. The first-order chi connectivity index (χ1) is 11.8. The Morgan fingerprint density at radius 3 is 2.58 bits per heavy atom. The number of nitrogens with zero attached hydrogens (tertiary/aromatic N) is 3. The Balaban J connectivity index is 1.66. The lowest BCUT2D eigenvalue weighted by molar-refractivity contribution is -0.130. The molecule has 1 aromatic heterocycles. The zero-order chi connectivity index (χ0) is 16.4. The van der Waals surface area contributed by atoms with Gasteiger partial charge in [-0.25, -0.2) is 4.98 Å². The largest absolute Gasteiger partial charge is 0.343 e. The molecule has 0 bridgehead atoms. The van der Waals surface area contributed by atoms with Crippen molar-refractivity contribution < 1.29 is 4.79 Å². The number of hydrogen-bond donors (Lipinski definition) is 0. The standard InChI is InChI=1S/C20H25N3O/c24-20(22-11-6-7-12-22)14-17(16-8-2-1-3-9-16)18-15-21-19-10-4-5-13-23(18)19/h1-3,8-9,15,17H,4-7,10-14H2/t17-/m0/s1. The average molecular weight is 323 g/mol. The Hall–Kier alpha value is -2.10. The zero-order valence-corrected chi connectivity index (χ0v) is 14.2. The fraction of sp³-hybridized carbons (Fsp3) is 0.500. The zero-order valence-electron chi connectivity index (χ0n) is 14.2. The van der Waals surface area contributed by atoms with Crippen molar-refractivity contribution in [2.24, 2.45) is 0 Å². The topological polar surface area (TPSA) is 38.1 Å². The van der Waals surface area contributed by atoms with Crippen molar-refractivity contribution in [1.82, 2.24) is 14.5 Å². The maximum atomic E-state index is 12.8. The van der Waals surface area contributed by atoms with Gasteiger partial charge in [-0.1, -0.05) is 30.3 Å². The smallest absolute Gasteiger partial charge is 0.223 e. The summed E-state index contributed by atoms with van der Waals surface area (Å²) in [7, 11) is 0. The molecule has 1 aromatic carbocycles. The fourth-order valence-electron chi connectivity index (χ4n) is 4.07. The van der Waals surface area contributed by atoms with Crippen LogP contribution in [0.3, 0.4) is 0 Å². The number of imidazole rings is 1. The first-order valence-electron chi connectivity index (χ1n) is 9.20. The van der Waals surface area contributed by atoms with Crippen LogP contribution in [0.25, 0.3) is 0 Å². The maximum absolute atomic E-state index is 12.8. The second-order valence-electron chi connectivity index (χ2n) is 6.96. The molecule has 3 heterocycles. The van der Waals surface area contributed by atoms with Gasteiger partial charge in [0.2, 0.25) is 5.91 Å². The molecule has 126 valence electrons. The van der Waals surface area contributed by atoms with Crippen molar-refractivity contribution >= 4 is 5.91 Å². The van der Waals surface area contributed by atoms with E-state index in [2.05, 4.69) is 33.8 Å². The third-order valence-corrected chi connectivity index (χ3v) is 5.40. The lowest BCUT2D eigenvalue weighted by atomic mass is 9.91. The highest BCUT2D eigenvalue weighted by molar-refractivity contribution is 5.78. The predicted molar refractivity (Wildman–Crippen MR) is 93.9 cm³/mol. The van der Waals surface area contributed by atoms with Gasteiger partial charge in [0, 0.05) is 50.3 Å². The summed E-state index contributed by atoms with van der Waals surface area (Å²) in [5.41, 5.74) is 2.43. The lowest BCUT2D eigenvalue weighted by Gasteiger charge is -2.24. The number of carbonyl (C=O) groups is 1. The third-order valence-electron chi connectivity index (χ3n) is 5.40. The van der Waals surface area contributed by atoms with Crippen molar-refractivity contribution in [3.05, 3.63) is 53.6 Å². The molecule has 4 nitrogen and oxygen atoms in total. The molecule has 24 heavy (non-hydrogen) atoms. The van der Waals surface area contributed by atoms with Crippen molar-refractivity contribution in [3.8, 4) is 0 Å². The van der Waals surface area contributed by atoms with Crippen LogP contribution >= 0.6 is 0 Å². The van der Waals surface area contributed by atoms with Gasteiger partial charge in [0.25, 0.3) is 0 Å². The number of hydrogen-bond acceptors (Lipinski definition) is 2. The van der Waals surface area contributed by atoms with Crippen LogP contribution in [0.4, 0.5) is 0 Å². The normalized spacial score (nSPS) is 18.4. The van der Waals surface area contributed by atoms with Gasteiger partial charge in [-0.05, 0) is 31.2 Å². The minimum Gasteiger partial charge on any atom is -0.343 e. The van der Waals surface area contributed by atoms with Gasteiger partial charge in [0.15, 0.2) is 0 Å². The highest BCUT2D eigenvalue weighted by atomic mass is 16.2. The molecule has 0 aliphatic carbocycles. The van der Waals surface area contributed by atoms with Crippen LogP contribution in [0.2, 0.25) is 0 Å². The van der Waals surface area contributed by atoms with Crippen LogP contribution in [0.5, 0.6) is 0 Å². The van der Waals surface area contributed by atoms with Crippen molar-refractivity contribution in [3.63, 3.8) is 0 Å². The van der Waals surface area contributed by atoms with Crippen LogP contribution in [0.15, 0.2) is 36.5 Å². The highest BCUT2D eigenvalue weighted by Gasteiger charge is 2.27. The molecule has 1 fully saturated rings. The molecule has 0 spiro atoms. The maximum Gasteiger partial charge on any atom is 0.223 e. The van der Waals surface area contributed by atoms with Crippen LogP contribution in [-0.4, -0.2) is 33.4 Å². The molecule has 0 radical (unpaired) electrons. The number of aryl methyl sites for hydroxylation is 1. The van der Waals surface area contributed by atoms with Crippen molar-refractivity contribution in [2.75, 3.05) is 13.1 Å². The number of aromatic nitrogens is 2. The molecule has 0 unspecified atom stereocenters. The minimum absolute atomic E-state index is 0.110. The van der Waals surface area contributed by atoms with Gasteiger partial charge in [0.1, 0.15) is 5.82 Å². The van der Waals surface area contributed by atoms with E-state index in [0.717, 1.165) is 38.9 Å². The summed E-state index contributed by atoms with van der Waals surface area (Å²) in [5, 5.41) is 0. The van der Waals surface area contributed by atoms with Gasteiger partial charge in [0.05, 0.1) is 0 Å². The highest BCUT2D eigenvalue weighted by Crippen LogP contribution is 2.31. The molecule has 0 saturated carbocycles. The summed E-state index contributed by atoms with van der Waals surface area (Å²) in [5.74, 6) is 1.58. The SMILES string of the molecule is O=C(C[C@@H](c1ccccc1)c1cnc2n1CCCC2)N1CCCC1. The second-order valence-corrected chi connectivity index (χ2v) is 6.96. The lowest BCUT2D eigenvalue weighted by Crippen LogP contribution is -2.29. The monoisotopic (exact) mass is 323 g/mol. The van der Waals surface area contributed by atoms with E-state index in [1.165, 1.54) is 29.9 Å². The van der Waals surface area contributed by atoms with E-state index in [4.69, 9.17) is 0 Å². The summed E-state index contributed by atoms with van der Waals surface area (Å²) >= 11 is 0. The number of rotatable bonds is 4.